The number of amides is 1. The summed E-state index contributed by atoms with van der Waals surface area (Å²) in [5, 5.41) is 12.2. The molecule has 0 saturated heterocycles. The van der Waals surface area contributed by atoms with E-state index in [0.717, 1.165) is 0 Å². The number of carbonyl (C=O) groups is 1. The third-order valence-corrected chi connectivity index (χ3v) is 2.47. The Hall–Kier alpha value is -2.01. The van der Waals surface area contributed by atoms with Gasteiger partial charge in [0.2, 0.25) is 0 Å². The summed E-state index contributed by atoms with van der Waals surface area (Å²) in [5.74, 6) is 0.785. The lowest BCUT2D eigenvalue weighted by atomic mass is 10.1. The minimum atomic E-state index is -0.683. The average molecular weight is 265 g/mol. The van der Waals surface area contributed by atoms with Gasteiger partial charge in [0.05, 0.1) is 13.2 Å². The van der Waals surface area contributed by atoms with E-state index in [1.54, 1.807) is 31.2 Å². The van der Waals surface area contributed by atoms with Gasteiger partial charge in [-0.3, -0.25) is 4.79 Å². The van der Waals surface area contributed by atoms with Crippen LogP contribution in [0.3, 0.4) is 0 Å². The highest BCUT2D eigenvalue weighted by Gasteiger charge is 2.12. The fourth-order valence-electron chi connectivity index (χ4n) is 1.49. The number of carbonyl (C=O) groups excluding carboxylic acids is 1. The smallest absolute Gasteiger partial charge is 0.258 e. The predicted molar refractivity (Wildman–Crippen MR) is 72.3 cm³/mol. The van der Waals surface area contributed by atoms with Crippen LogP contribution in [0.4, 0.5) is 0 Å². The van der Waals surface area contributed by atoms with Crippen LogP contribution >= 0.6 is 0 Å². The first kappa shape index (κ1) is 15.0. The molecule has 2 N–H and O–H groups in total. The summed E-state index contributed by atoms with van der Waals surface area (Å²) < 4.78 is 10.5. The molecule has 0 bridgehead atoms. The van der Waals surface area contributed by atoms with Crippen LogP contribution in [0, 0.1) is 0 Å². The average Bonchev–Trinajstić information content (AvgIpc) is 2.42. The molecule has 0 fully saturated rings. The van der Waals surface area contributed by atoms with Crippen molar-refractivity contribution < 1.29 is 19.4 Å². The molecule has 1 rings (SSSR count). The maximum Gasteiger partial charge on any atom is 0.258 e. The monoisotopic (exact) mass is 265 g/mol. The Labute approximate surface area is 112 Å². The third kappa shape index (κ3) is 4.63. The van der Waals surface area contributed by atoms with Crippen molar-refractivity contribution in [3.63, 3.8) is 0 Å². The molecule has 5 nitrogen and oxygen atoms in total. The first-order valence-electron chi connectivity index (χ1n) is 5.95. The van der Waals surface area contributed by atoms with Gasteiger partial charge >= 0.3 is 0 Å². The molecule has 0 aliphatic heterocycles. The minimum Gasteiger partial charge on any atom is -0.497 e. The van der Waals surface area contributed by atoms with Crippen molar-refractivity contribution >= 4 is 5.91 Å². The fraction of sp³-hybridized carbons (Fsp3) is 0.357. The van der Waals surface area contributed by atoms with E-state index in [9.17, 15) is 9.90 Å². The first-order chi connectivity index (χ1) is 9.08. The summed E-state index contributed by atoms with van der Waals surface area (Å²) >= 11 is 0. The number of ether oxygens (including phenoxy) is 2. The molecule has 1 unspecified atom stereocenters. The Kier molecular flexibility index (Phi) is 5.89. The second-order valence-electron chi connectivity index (χ2n) is 3.96. The van der Waals surface area contributed by atoms with Crippen molar-refractivity contribution in [3.05, 3.63) is 36.4 Å². The summed E-state index contributed by atoms with van der Waals surface area (Å²) in [6.45, 7) is 5.41. The Bertz CT molecular complexity index is 443. The zero-order valence-corrected chi connectivity index (χ0v) is 11.2. The molecular formula is C14H19NO4. The Morgan fingerprint density at radius 1 is 1.58 bits per heavy atom. The lowest BCUT2D eigenvalue weighted by molar-refractivity contribution is -0.122. The maximum atomic E-state index is 11.4. The summed E-state index contributed by atoms with van der Waals surface area (Å²) in [4.78, 5) is 11.4. The van der Waals surface area contributed by atoms with Crippen molar-refractivity contribution in [2.45, 2.75) is 13.0 Å². The number of benzene rings is 1. The molecule has 104 valence electrons. The first-order valence-corrected chi connectivity index (χ1v) is 5.95. The van der Waals surface area contributed by atoms with E-state index < -0.39 is 6.10 Å². The standard InChI is InChI=1S/C14H19NO4/c1-4-7-15-14(17)9-19-13-8-11(18-3)5-6-12(13)10(2)16/h4-6,8,10,16H,1,7,9H2,2-3H3,(H,15,17). The minimum absolute atomic E-state index is 0.124. The predicted octanol–water partition coefficient (Wildman–Crippen LogP) is 1.43. The van der Waals surface area contributed by atoms with Crippen LogP contribution < -0.4 is 14.8 Å². The number of hydrogen-bond donors (Lipinski definition) is 2. The summed E-state index contributed by atoms with van der Waals surface area (Å²) in [6, 6.07) is 5.08. The van der Waals surface area contributed by atoms with Crippen molar-refractivity contribution in [2.75, 3.05) is 20.3 Å². The molecule has 0 aromatic heterocycles. The van der Waals surface area contributed by atoms with Crippen molar-refractivity contribution in [2.24, 2.45) is 0 Å². The van der Waals surface area contributed by atoms with Crippen LogP contribution in [-0.2, 0) is 4.79 Å². The molecule has 1 aromatic carbocycles. The zero-order chi connectivity index (χ0) is 14.3. The molecule has 1 atom stereocenters. The topological polar surface area (TPSA) is 67.8 Å². The van der Waals surface area contributed by atoms with Crippen molar-refractivity contribution in [3.8, 4) is 11.5 Å². The van der Waals surface area contributed by atoms with Crippen LogP contribution in [-0.4, -0.2) is 31.3 Å². The highest BCUT2D eigenvalue weighted by molar-refractivity contribution is 5.77. The van der Waals surface area contributed by atoms with Gasteiger partial charge in [0.1, 0.15) is 11.5 Å². The van der Waals surface area contributed by atoms with Crippen LogP contribution in [0.25, 0.3) is 0 Å². The molecule has 0 aliphatic carbocycles. The van der Waals surface area contributed by atoms with Crippen LogP contribution in [0.2, 0.25) is 0 Å². The van der Waals surface area contributed by atoms with Gasteiger partial charge in [-0.05, 0) is 19.1 Å². The second-order valence-corrected chi connectivity index (χ2v) is 3.96. The molecule has 0 aliphatic rings. The summed E-state index contributed by atoms with van der Waals surface area (Å²) in [7, 11) is 1.54. The zero-order valence-electron chi connectivity index (χ0n) is 11.2. The quantitative estimate of drug-likeness (QED) is 0.732. The van der Waals surface area contributed by atoms with E-state index >= 15 is 0 Å². The molecule has 5 heteroatoms. The summed E-state index contributed by atoms with van der Waals surface area (Å²) in [5.41, 5.74) is 0.609. The Morgan fingerprint density at radius 3 is 2.89 bits per heavy atom. The van der Waals surface area contributed by atoms with E-state index in [1.807, 2.05) is 0 Å². The second kappa shape index (κ2) is 7.43. The molecule has 0 saturated carbocycles. The third-order valence-electron chi connectivity index (χ3n) is 2.47. The molecule has 1 amide bonds. The highest BCUT2D eigenvalue weighted by Crippen LogP contribution is 2.29. The number of methoxy groups -OCH3 is 1. The largest absolute Gasteiger partial charge is 0.497 e. The number of nitrogens with one attached hydrogen (secondary N) is 1. The van der Waals surface area contributed by atoms with Gasteiger partial charge in [-0.2, -0.15) is 0 Å². The fourth-order valence-corrected chi connectivity index (χ4v) is 1.49. The lowest BCUT2D eigenvalue weighted by Crippen LogP contribution is -2.29. The van der Waals surface area contributed by atoms with Gasteiger partial charge < -0.3 is 19.9 Å². The molecule has 1 aromatic rings. The number of aliphatic hydroxyl groups excluding tert-OH is 1. The van der Waals surface area contributed by atoms with E-state index in [0.29, 0.717) is 23.6 Å². The van der Waals surface area contributed by atoms with Crippen molar-refractivity contribution in [1.82, 2.24) is 5.32 Å². The van der Waals surface area contributed by atoms with Crippen LogP contribution in [0.15, 0.2) is 30.9 Å². The number of aliphatic hydroxyl groups is 1. The van der Waals surface area contributed by atoms with Gasteiger partial charge in [-0.1, -0.05) is 6.08 Å². The van der Waals surface area contributed by atoms with E-state index in [-0.39, 0.29) is 12.5 Å². The van der Waals surface area contributed by atoms with Crippen LogP contribution in [0.1, 0.15) is 18.6 Å². The molecule has 0 spiro atoms. The Morgan fingerprint density at radius 2 is 2.32 bits per heavy atom. The van der Waals surface area contributed by atoms with E-state index in [4.69, 9.17) is 9.47 Å². The number of hydrogen-bond acceptors (Lipinski definition) is 4. The SMILES string of the molecule is C=CCNC(=O)COc1cc(OC)ccc1C(C)O. The molecular weight excluding hydrogens is 246 g/mol. The normalized spacial score (nSPS) is 11.5. The molecule has 19 heavy (non-hydrogen) atoms. The van der Waals surface area contributed by atoms with Gasteiger partial charge in [-0.15, -0.1) is 6.58 Å². The summed E-state index contributed by atoms with van der Waals surface area (Å²) in [6.07, 6.45) is 0.905. The van der Waals surface area contributed by atoms with Crippen LogP contribution in [0.5, 0.6) is 11.5 Å². The van der Waals surface area contributed by atoms with Crippen molar-refractivity contribution in [1.29, 1.82) is 0 Å². The van der Waals surface area contributed by atoms with E-state index in [1.165, 1.54) is 7.11 Å². The van der Waals surface area contributed by atoms with E-state index in [2.05, 4.69) is 11.9 Å². The highest BCUT2D eigenvalue weighted by atomic mass is 16.5. The Balaban J connectivity index is 2.74. The van der Waals surface area contributed by atoms with Gasteiger partial charge in [0.15, 0.2) is 6.61 Å². The molecule has 0 radical (unpaired) electrons. The lowest BCUT2D eigenvalue weighted by Gasteiger charge is -2.14. The number of rotatable bonds is 7. The van der Waals surface area contributed by atoms with Gasteiger partial charge in [0.25, 0.3) is 5.91 Å². The maximum absolute atomic E-state index is 11.4. The molecule has 0 heterocycles. The van der Waals surface area contributed by atoms with Gasteiger partial charge in [0, 0.05) is 18.2 Å². The van der Waals surface area contributed by atoms with Gasteiger partial charge in [-0.25, -0.2) is 0 Å².